The van der Waals surface area contributed by atoms with Gasteiger partial charge in [0.05, 0.1) is 12.5 Å². The van der Waals surface area contributed by atoms with Crippen molar-refractivity contribution in [1.29, 1.82) is 0 Å². The Bertz CT molecular complexity index is 223. The normalized spacial score (nSPS) is 38.5. The molecule has 1 aliphatic heterocycles. The van der Waals surface area contributed by atoms with Crippen LogP contribution in [0.1, 0.15) is 6.42 Å². The number of hydrogen-bond acceptors (Lipinski definition) is 3. The second-order valence-electron chi connectivity index (χ2n) is 3.03. The second kappa shape index (κ2) is 2.88. The molecule has 0 aromatic heterocycles. The molecule has 0 radical (unpaired) electrons. The zero-order valence-corrected chi connectivity index (χ0v) is 6.47. The summed E-state index contributed by atoms with van der Waals surface area (Å²) in [7, 11) is 0. The highest BCUT2D eigenvalue weighted by Gasteiger charge is 2.38. The predicted octanol–water partition coefficient (Wildman–Crippen LogP) is 0.389. The van der Waals surface area contributed by atoms with Crippen LogP contribution in [-0.2, 0) is 14.3 Å². The third-order valence-corrected chi connectivity index (χ3v) is 2.23. The zero-order valence-electron chi connectivity index (χ0n) is 6.47. The molecule has 0 bridgehead atoms. The van der Waals surface area contributed by atoms with Crippen molar-refractivity contribution in [3.05, 3.63) is 12.2 Å². The van der Waals surface area contributed by atoms with Gasteiger partial charge in [-0.2, -0.15) is 0 Å². The van der Waals surface area contributed by atoms with E-state index in [1.54, 1.807) is 0 Å². The van der Waals surface area contributed by atoms with Crippen LogP contribution in [0.4, 0.5) is 0 Å². The van der Waals surface area contributed by atoms with E-state index in [9.17, 15) is 4.79 Å². The van der Waals surface area contributed by atoms with E-state index in [4.69, 9.17) is 14.6 Å². The number of carboxylic acids is 1. The molecule has 1 N–H and O–H groups in total. The fourth-order valence-corrected chi connectivity index (χ4v) is 1.67. The molecule has 1 aliphatic carbocycles. The average Bonchev–Trinajstić information content (AvgIpc) is 2.52. The van der Waals surface area contributed by atoms with Crippen molar-refractivity contribution in [1.82, 2.24) is 0 Å². The van der Waals surface area contributed by atoms with Crippen molar-refractivity contribution in [3.8, 4) is 0 Å². The molecule has 12 heavy (non-hydrogen) atoms. The second-order valence-corrected chi connectivity index (χ2v) is 3.03. The van der Waals surface area contributed by atoms with E-state index >= 15 is 0 Å². The van der Waals surface area contributed by atoms with Gasteiger partial charge < -0.3 is 14.6 Å². The lowest BCUT2D eigenvalue weighted by molar-refractivity contribution is -0.138. The van der Waals surface area contributed by atoms with Crippen molar-refractivity contribution < 1.29 is 19.4 Å². The lowest BCUT2D eigenvalue weighted by Crippen LogP contribution is -2.24. The van der Waals surface area contributed by atoms with E-state index in [1.165, 1.54) is 0 Å². The van der Waals surface area contributed by atoms with E-state index in [0.29, 0.717) is 0 Å². The molecule has 4 nitrogen and oxygen atoms in total. The van der Waals surface area contributed by atoms with Crippen molar-refractivity contribution >= 4 is 5.97 Å². The molecule has 3 atom stereocenters. The van der Waals surface area contributed by atoms with E-state index in [1.807, 2.05) is 12.2 Å². The van der Waals surface area contributed by atoms with Gasteiger partial charge in [0.1, 0.15) is 12.9 Å². The van der Waals surface area contributed by atoms with Crippen molar-refractivity contribution in [3.63, 3.8) is 0 Å². The predicted molar refractivity (Wildman–Crippen MR) is 39.5 cm³/mol. The Morgan fingerprint density at radius 2 is 2.33 bits per heavy atom. The van der Waals surface area contributed by atoms with Crippen LogP contribution in [0.25, 0.3) is 0 Å². The van der Waals surface area contributed by atoms with Crippen LogP contribution in [0.2, 0.25) is 0 Å². The van der Waals surface area contributed by atoms with E-state index in [0.717, 1.165) is 0 Å². The topological polar surface area (TPSA) is 55.8 Å². The van der Waals surface area contributed by atoms with Crippen LogP contribution in [0.3, 0.4) is 0 Å². The highest BCUT2D eigenvalue weighted by Crippen LogP contribution is 2.30. The Morgan fingerprint density at radius 3 is 3.08 bits per heavy atom. The minimum absolute atomic E-state index is 0.0185. The monoisotopic (exact) mass is 170 g/mol. The summed E-state index contributed by atoms with van der Waals surface area (Å²) in [4.78, 5) is 10.4. The van der Waals surface area contributed by atoms with Gasteiger partial charge in [-0.1, -0.05) is 12.2 Å². The van der Waals surface area contributed by atoms with Gasteiger partial charge in [0.25, 0.3) is 0 Å². The van der Waals surface area contributed by atoms with Crippen LogP contribution >= 0.6 is 0 Å². The molecule has 0 aromatic carbocycles. The molecule has 1 saturated heterocycles. The minimum atomic E-state index is -0.791. The largest absolute Gasteiger partial charge is 0.481 e. The Balaban J connectivity index is 2.00. The van der Waals surface area contributed by atoms with Crippen LogP contribution in [0, 0.1) is 5.92 Å². The van der Waals surface area contributed by atoms with E-state index in [2.05, 4.69) is 0 Å². The third kappa shape index (κ3) is 1.23. The molecule has 0 amide bonds. The van der Waals surface area contributed by atoms with Gasteiger partial charge in [-0.25, -0.2) is 0 Å². The van der Waals surface area contributed by atoms with Crippen molar-refractivity contribution in [2.24, 2.45) is 5.92 Å². The van der Waals surface area contributed by atoms with Gasteiger partial charge in [0, 0.05) is 5.92 Å². The number of rotatable bonds is 2. The molecule has 0 aromatic rings. The Morgan fingerprint density at radius 1 is 1.50 bits per heavy atom. The summed E-state index contributed by atoms with van der Waals surface area (Å²) < 4.78 is 10.4. The summed E-state index contributed by atoms with van der Waals surface area (Å²) in [6.45, 7) is 0.287. The molecule has 0 saturated carbocycles. The van der Waals surface area contributed by atoms with E-state index in [-0.39, 0.29) is 31.3 Å². The molecule has 2 rings (SSSR count). The maximum Gasteiger partial charge on any atom is 0.304 e. The van der Waals surface area contributed by atoms with Gasteiger partial charge in [-0.05, 0) is 0 Å². The van der Waals surface area contributed by atoms with Crippen LogP contribution in [0.5, 0.6) is 0 Å². The maximum atomic E-state index is 10.4. The van der Waals surface area contributed by atoms with E-state index < -0.39 is 5.97 Å². The summed E-state index contributed by atoms with van der Waals surface area (Å²) in [6.07, 6.45) is 3.78. The lowest BCUT2D eigenvalue weighted by Gasteiger charge is -2.13. The summed E-state index contributed by atoms with van der Waals surface area (Å²) in [6, 6.07) is 0. The van der Waals surface area contributed by atoms with Crippen LogP contribution in [-0.4, -0.2) is 30.1 Å². The number of ether oxygens (including phenoxy) is 2. The van der Waals surface area contributed by atoms with Gasteiger partial charge in [-0.15, -0.1) is 0 Å². The Labute approximate surface area is 69.8 Å². The van der Waals surface area contributed by atoms with Gasteiger partial charge >= 0.3 is 5.97 Å². The summed E-state index contributed by atoms with van der Waals surface area (Å²) in [5, 5.41) is 8.56. The van der Waals surface area contributed by atoms with Crippen LogP contribution < -0.4 is 0 Å². The van der Waals surface area contributed by atoms with Crippen molar-refractivity contribution in [2.45, 2.75) is 18.6 Å². The summed E-state index contributed by atoms with van der Waals surface area (Å²) in [5.74, 6) is -0.809. The number of aliphatic carboxylic acids is 1. The maximum absolute atomic E-state index is 10.4. The Kier molecular flexibility index (Phi) is 1.86. The quantitative estimate of drug-likeness (QED) is 0.609. The molecule has 1 fully saturated rings. The lowest BCUT2D eigenvalue weighted by atomic mass is 10.0. The number of carboxylic acid groups (broad SMARTS) is 1. The number of carbonyl (C=O) groups is 1. The van der Waals surface area contributed by atoms with Crippen LogP contribution in [0.15, 0.2) is 12.2 Å². The fraction of sp³-hybridized carbons (Fsp3) is 0.625. The molecular weight excluding hydrogens is 160 g/mol. The smallest absolute Gasteiger partial charge is 0.304 e. The fourth-order valence-electron chi connectivity index (χ4n) is 1.67. The molecule has 2 aliphatic rings. The molecule has 1 heterocycles. The molecular formula is C8H10O4. The van der Waals surface area contributed by atoms with Gasteiger partial charge in [-0.3, -0.25) is 4.79 Å². The first-order valence-corrected chi connectivity index (χ1v) is 3.90. The summed E-state index contributed by atoms with van der Waals surface area (Å²) >= 11 is 0. The number of hydrogen-bond donors (Lipinski definition) is 1. The average molecular weight is 170 g/mol. The molecule has 0 spiro atoms. The van der Waals surface area contributed by atoms with Gasteiger partial charge in [0.2, 0.25) is 0 Å². The highest BCUT2D eigenvalue weighted by atomic mass is 16.7. The summed E-state index contributed by atoms with van der Waals surface area (Å²) in [5.41, 5.74) is 0. The van der Waals surface area contributed by atoms with Crippen molar-refractivity contribution in [2.75, 3.05) is 6.79 Å². The SMILES string of the molecule is O=C(O)CC1C=CC2OCOC12. The molecule has 4 heteroatoms. The third-order valence-electron chi connectivity index (χ3n) is 2.23. The minimum Gasteiger partial charge on any atom is -0.481 e. The molecule has 3 unspecified atom stereocenters. The first-order valence-electron chi connectivity index (χ1n) is 3.90. The van der Waals surface area contributed by atoms with Gasteiger partial charge in [0.15, 0.2) is 0 Å². The zero-order chi connectivity index (χ0) is 8.55. The Hall–Kier alpha value is -0.870. The number of fused-ring (bicyclic) bond motifs is 1. The molecule has 66 valence electrons. The first kappa shape index (κ1) is 7.76. The standard InChI is InChI=1S/C8H10O4/c9-7(10)3-5-1-2-6-8(5)12-4-11-6/h1-2,5-6,8H,3-4H2,(H,9,10). The highest BCUT2D eigenvalue weighted by molar-refractivity contribution is 5.67. The first-order chi connectivity index (χ1) is 5.77.